The van der Waals surface area contributed by atoms with Crippen LogP contribution in [0.4, 0.5) is 5.69 Å². The zero-order chi connectivity index (χ0) is 19.8. The number of halogens is 2. The summed E-state index contributed by atoms with van der Waals surface area (Å²) in [5, 5.41) is 3.88. The summed E-state index contributed by atoms with van der Waals surface area (Å²) in [4.78, 5) is 17.2. The molecule has 6 heteroatoms. The SMILES string of the molecule is Cc1ccccc1C(=O)Nc1cccc(-c2nc3cc(Cl)cc(Cl)c3o2)c1C. The van der Waals surface area contributed by atoms with Crippen molar-refractivity contribution in [2.24, 2.45) is 0 Å². The minimum absolute atomic E-state index is 0.161. The molecule has 1 aromatic heterocycles. The zero-order valence-electron chi connectivity index (χ0n) is 15.2. The number of amides is 1. The number of nitrogens with zero attached hydrogens (tertiary/aromatic N) is 1. The highest BCUT2D eigenvalue weighted by Crippen LogP contribution is 2.34. The third-order valence-corrected chi connectivity index (χ3v) is 5.11. The largest absolute Gasteiger partial charge is 0.434 e. The zero-order valence-corrected chi connectivity index (χ0v) is 16.7. The van der Waals surface area contributed by atoms with Crippen LogP contribution in [-0.4, -0.2) is 10.9 Å². The maximum absolute atomic E-state index is 12.7. The summed E-state index contributed by atoms with van der Waals surface area (Å²) in [6, 6.07) is 16.4. The van der Waals surface area contributed by atoms with Crippen molar-refractivity contribution in [1.82, 2.24) is 4.98 Å². The van der Waals surface area contributed by atoms with Crippen molar-refractivity contribution in [3.05, 3.63) is 81.3 Å². The lowest BCUT2D eigenvalue weighted by Gasteiger charge is -2.12. The van der Waals surface area contributed by atoms with Crippen molar-refractivity contribution in [1.29, 1.82) is 0 Å². The van der Waals surface area contributed by atoms with E-state index in [0.29, 0.717) is 38.3 Å². The summed E-state index contributed by atoms with van der Waals surface area (Å²) in [6.45, 7) is 3.82. The molecule has 0 unspecified atom stereocenters. The van der Waals surface area contributed by atoms with Crippen molar-refractivity contribution in [3.63, 3.8) is 0 Å². The molecule has 0 bridgehead atoms. The lowest BCUT2D eigenvalue weighted by molar-refractivity contribution is 0.102. The molecule has 1 heterocycles. The van der Waals surface area contributed by atoms with E-state index in [-0.39, 0.29) is 5.91 Å². The van der Waals surface area contributed by atoms with Crippen LogP contribution in [0.3, 0.4) is 0 Å². The first-order chi connectivity index (χ1) is 13.4. The Morgan fingerprint density at radius 3 is 2.61 bits per heavy atom. The van der Waals surface area contributed by atoms with Gasteiger partial charge in [0.1, 0.15) is 5.52 Å². The van der Waals surface area contributed by atoms with Gasteiger partial charge in [0.25, 0.3) is 5.91 Å². The topological polar surface area (TPSA) is 55.1 Å². The van der Waals surface area contributed by atoms with Crippen LogP contribution < -0.4 is 5.32 Å². The second kappa shape index (κ2) is 7.30. The first-order valence-corrected chi connectivity index (χ1v) is 9.42. The smallest absolute Gasteiger partial charge is 0.255 e. The Labute approximate surface area is 172 Å². The van der Waals surface area contributed by atoms with Gasteiger partial charge in [0, 0.05) is 21.8 Å². The van der Waals surface area contributed by atoms with Crippen molar-refractivity contribution in [3.8, 4) is 11.5 Å². The summed E-state index contributed by atoms with van der Waals surface area (Å²) in [5.74, 6) is 0.259. The minimum Gasteiger partial charge on any atom is -0.434 e. The molecule has 4 nitrogen and oxygen atoms in total. The first-order valence-electron chi connectivity index (χ1n) is 8.66. The summed E-state index contributed by atoms with van der Waals surface area (Å²) in [6.07, 6.45) is 0. The molecule has 3 aromatic carbocycles. The highest BCUT2D eigenvalue weighted by Gasteiger charge is 2.17. The Bertz CT molecular complexity index is 1210. The molecule has 0 aliphatic carbocycles. The second-order valence-electron chi connectivity index (χ2n) is 6.50. The van der Waals surface area contributed by atoms with Crippen LogP contribution in [0.15, 0.2) is 59.0 Å². The van der Waals surface area contributed by atoms with Gasteiger partial charge in [-0.1, -0.05) is 47.5 Å². The minimum atomic E-state index is -0.161. The third kappa shape index (κ3) is 3.37. The fourth-order valence-corrected chi connectivity index (χ4v) is 3.62. The highest BCUT2D eigenvalue weighted by molar-refractivity contribution is 6.38. The fraction of sp³-hybridized carbons (Fsp3) is 0.0909. The molecule has 0 radical (unpaired) electrons. The van der Waals surface area contributed by atoms with Crippen molar-refractivity contribution >= 4 is 45.9 Å². The van der Waals surface area contributed by atoms with Crippen LogP contribution in [-0.2, 0) is 0 Å². The first kappa shape index (κ1) is 18.5. The van der Waals surface area contributed by atoms with Crippen LogP contribution in [0.1, 0.15) is 21.5 Å². The van der Waals surface area contributed by atoms with Gasteiger partial charge in [-0.3, -0.25) is 4.79 Å². The van der Waals surface area contributed by atoms with E-state index in [0.717, 1.165) is 16.7 Å². The molecule has 0 aliphatic rings. The van der Waals surface area contributed by atoms with E-state index in [2.05, 4.69) is 10.3 Å². The number of anilines is 1. The summed E-state index contributed by atoms with van der Waals surface area (Å²) in [7, 11) is 0. The summed E-state index contributed by atoms with van der Waals surface area (Å²) >= 11 is 12.3. The van der Waals surface area contributed by atoms with Gasteiger partial charge in [0.2, 0.25) is 5.89 Å². The number of rotatable bonds is 3. The van der Waals surface area contributed by atoms with Gasteiger partial charge in [0.15, 0.2) is 5.58 Å². The van der Waals surface area contributed by atoms with Gasteiger partial charge in [-0.15, -0.1) is 0 Å². The van der Waals surface area contributed by atoms with E-state index in [1.807, 2.05) is 50.2 Å². The molecule has 1 N–H and O–H groups in total. The number of benzene rings is 3. The Hall–Kier alpha value is -2.82. The Kier molecular flexibility index (Phi) is 4.84. The molecule has 0 saturated heterocycles. The van der Waals surface area contributed by atoms with Gasteiger partial charge < -0.3 is 9.73 Å². The predicted molar refractivity (Wildman–Crippen MR) is 113 cm³/mol. The molecule has 4 aromatic rings. The maximum atomic E-state index is 12.7. The number of carbonyl (C=O) groups is 1. The normalized spacial score (nSPS) is 11.0. The van der Waals surface area contributed by atoms with Crippen LogP contribution in [0.25, 0.3) is 22.6 Å². The molecule has 1 amide bonds. The molecule has 0 fully saturated rings. The number of nitrogens with one attached hydrogen (secondary N) is 1. The van der Waals surface area contributed by atoms with Gasteiger partial charge in [0.05, 0.1) is 5.02 Å². The molecule has 4 rings (SSSR count). The van der Waals surface area contributed by atoms with Crippen LogP contribution in [0, 0.1) is 13.8 Å². The molecule has 140 valence electrons. The van der Waals surface area contributed by atoms with Crippen LogP contribution in [0.5, 0.6) is 0 Å². The quantitative estimate of drug-likeness (QED) is 0.410. The number of aryl methyl sites for hydroxylation is 1. The molecule has 0 aliphatic heterocycles. The Morgan fingerprint density at radius 1 is 1.04 bits per heavy atom. The average Bonchev–Trinajstić information content (AvgIpc) is 3.08. The number of oxazole rings is 1. The highest BCUT2D eigenvalue weighted by atomic mass is 35.5. The van der Waals surface area contributed by atoms with Crippen LogP contribution >= 0.6 is 23.2 Å². The molecular formula is C22H16Cl2N2O2. The Morgan fingerprint density at radius 2 is 1.82 bits per heavy atom. The third-order valence-electron chi connectivity index (χ3n) is 4.61. The predicted octanol–water partition coefficient (Wildman–Crippen LogP) is 6.67. The van der Waals surface area contributed by atoms with Crippen molar-refractivity contribution in [2.75, 3.05) is 5.32 Å². The number of hydrogen-bond acceptors (Lipinski definition) is 3. The average molecular weight is 411 g/mol. The summed E-state index contributed by atoms with van der Waals surface area (Å²) < 4.78 is 5.87. The fourth-order valence-electron chi connectivity index (χ4n) is 3.10. The lowest BCUT2D eigenvalue weighted by atomic mass is 10.1. The molecule has 0 saturated carbocycles. The maximum Gasteiger partial charge on any atom is 0.255 e. The van der Waals surface area contributed by atoms with E-state index >= 15 is 0 Å². The number of aromatic nitrogens is 1. The van der Waals surface area contributed by atoms with Gasteiger partial charge in [-0.05, 0) is 55.3 Å². The van der Waals surface area contributed by atoms with E-state index in [4.69, 9.17) is 27.6 Å². The van der Waals surface area contributed by atoms with E-state index in [1.165, 1.54) is 0 Å². The number of hydrogen-bond donors (Lipinski definition) is 1. The van der Waals surface area contributed by atoms with E-state index in [1.54, 1.807) is 18.2 Å². The van der Waals surface area contributed by atoms with Gasteiger partial charge in [-0.25, -0.2) is 4.98 Å². The lowest BCUT2D eigenvalue weighted by Crippen LogP contribution is -2.14. The molecular weight excluding hydrogens is 395 g/mol. The van der Waals surface area contributed by atoms with Gasteiger partial charge in [-0.2, -0.15) is 0 Å². The second-order valence-corrected chi connectivity index (χ2v) is 7.35. The standard InChI is InChI=1S/C22H16Cl2N2O2/c1-12-6-3-4-7-15(12)21(27)25-18-9-5-8-16(13(18)2)22-26-19-11-14(23)10-17(24)20(19)28-22/h3-11H,1-2H3,(H,25,27). The number of carbonyl (C=O) groups excluding carboxylic acids is 1. The molecule has 28 heavy (non-hydrogen) atoms. The molecule has 0 atom stereocenters. The van der Waals surface area contributed by atoms with Gasteiger partial charge >= 0.3 is 0 Å². The monoisotopic (exact) mass is 410 g/mol. The van der Waals surface area contributed by atoms with Crippen molar-refractivity contribution in [2.45, 2.75) is 13.8 Å². The van der Waals surface area contributed by atoms with Crippen LogP contribution in [0.2, 0.25) is 10.0 Å². The van der Waals surface area contributed by atoms with Crippen molar-refractivity contribution < 1.29 is 9.21 Å². The van der Waals surface area contributed by atoms with E-state index in [9.17, 15) is 4.79 Å². The Balaban J connectivity index is 1.72. The summed E-state index contributed by atoms with van der Waals surface area (Å²) in [5.41, 5.74) is 4.92. The number of fused-ring (bicyclic) bond motifs is 1. The van der Waals surface area contributed by atoms with E-state index < -0.39 is 0 Å². The molecule has 0 spiro atoms.